The second-order valence-corrected chi connectivity index (χ2v) is 4.21. The molecule has 0 spiro atoms. The van der Waals surface area contributed by atoms with Gasteiger partial charge in [-0.15, -0.1) is 0 Å². The first kappa shape index (κ1) is 10.6. The molecule has 0 unspecified atom stereocenters. The summed E-state index contributed by atoms with van der Waals surface area (Å²) in [7, 11) is 1.66. The molecule has 1 saturated heterocycles. The Labute approximate surface area is 94.8 Å². The Morgan fingerprint density at radius 3 is 2.73 bits per heavy atom. The van der Waals surface area contributed by atoms with E-state index in [9.17, 15) is 0 Å². The van der Waals surface area contributed by atoms with E-state index in [4.69, 9.17) is 16.3 Å². The second-order valence-electron chi connectivity index (χ2n) is 3.80. The maximum atomic E-state index is 6.03. The summed E-state index contributed by atoms with van der Waals surface area (Å²) < 4.78 is 5.28. The quantitative estimate of drug-likeness (QED) is 0.828. The summed E-state index contributed by atoms with van der Waals surface area (Å²) in [5.74, 6) is 0.803. The van der Waals surface area contributed by atoms with Crippen LogP contribution in [0.5, 0.6) is 5.75 Å². The molecular formula is C11H15ClN2O. The lowest BCUT2D eigenvalue weighted by Crippen LogP contribution is -2.51. The number of benzene rings is 1. The van der Waals surface area contributed by atoms with E-state index in [1.165, 1.54) is 0 Å². The van der Waals surface area contributed by atoms with Crippen LogP contribution in [0.2, 0.25) is 5.02 Å². The van der Waals surface area contributed by atoms with Gasteiger partial charge in [0.15, 0.2) is 0 Å². The highest BCUT2D eigenvalue weighted by molar-refractivity contribution is 6.31. The Kier molecular flexibility index (Phi) is 3.03. The molecule has 0 saturated carbocycles. The Bertz CT molecular complexity index is 364. The van der Waals surface area contributed by atoms with Gasteiger partial charge in [0.2, 0.25) is 0 Å². The van der Waals surface area contributed by atoms with Gasteiger partial charge in [0, 0.05) is 24.2 Å². The summed E-state index contributed by atoms with van der Waals surface area (Å²) in [6, 6.07) is 4.38. The number of methoxy groups -OCH3 is 1. The van der Waals surface area contributed by atoms with Gasteiger partial charge in [-0.25, -0.2) is 0 Å². The summed E-state index contributed by atoms with van der Waals surface area (Å²) in [6.45, 7) is 4.00. The van der Waals surface area contributed by atoms with Crippen LogP contribution in [0, 0.1) is 6.92 Å². The summed E-state index contributed by atoms with van der Waals surface area (Å²) in [4.78, 5) is 0. The molecule has 0 aliphatic carbocycles. The van der Waals surface area contributed by atoms with Gasteiger partial charge in [-0.1, -0.05) is 11.6 Å². The predicted molar refractivity (Wildman–Crippen MR) is 63.0 cm³/mol. The smallest absolute Gasteiger partial charge is 0.143 e. The molecule has 1 aromatic rings. The molecule has 15 heavy (non-hydrogen) atoms. The molecule has 2 N–H and O–H groups in total. The first-order chi connectivity index (χ1) is 7.20. The van der Waals surface area contributed by atoms with E-state index in [1.54, 1.807) is 7.11 Å². The van der Waals surface area contributed by atoms with Crippen molar-refractivity contribution in [2.24, 2.45) is 0 Å². The fraction of sp³-hybridized carbons (Fsp3) is 0.455. The highest BCUT2D eigenvalue weighted by Gasteiger charge is 2.18. The van der Waals surface area contributed by atoms with E-state index >= 15 is 0 Å². The Morgan fingerprint density at radius 2 is 2.20 bits per heavy atom. The molecule has 1 heterocycles. The van der Waals surface area contributed by atoms with Gasteiger partial charge in [-0.2, -0.15) is 0 Å². The molecule has 82 valence electrons. The van der Waals surface area contributed by atoms with Gasteiger partial charge >= 0.3 is 0 Å². The highest BCUT2D eigenvalue weighted by Crippen LogP contribution is 2.31. The zero-order chi connectivity index (χ0) is 10.8. The van der Waals surface area contributed by atoms with Crippen molar-refractivity contribution in [3.63, 3.8) is 0 Å². The lowest BCUT2D eigenvalue weighted by atomic mass is 10.1. The second kappa shape index (κ2) is 4.29. The average Bonchev–Trinajstić information content (AvgIpc) is 2.16. The number of halogens is 1. The monoisotopic (exact) mass is 226 g/mol. The van der Waals surface area contributed by atoms with E-state index in [-0.39, 0.29) is 0 Å². The minimum absolute atomic E-state index is 0.500. The molecule has 0 atom stereocenters. The van der Waals surface area contributed by atoms with Crippen LogP contribution in [0.25, 0.3) is 0 Å². The van der Waals surface area contributed by atoms with Crippen LogP contribution in [0.3, 0.4) is 0 Å². The maximum Gasteiger partial charge on any atom is 0.143 e. The first-order valence-electron chi connectivity index (χ1n) is 5.02. The van der Waals surface area contributed by atoms with Gasteiger partial charge in [0.05, 0.1) is 18.8 Å². The zero-order valence-corrected chi connectivity index (χ0v) is 9.69. The lowest BCUT2D eigenvalue weighted by Gasteiger charge is -2.29. The molecule has 3 nitrogen and oxygen atoms in total. The summed E-state index contributed by atoms with van der Waals surface area (Å²) in [5.41, 5.74) is 2.08. The van der Waals surface area contributed by atoms with Crippen LogP contribution in [0.4, 0.5) is 5.69 Å². The maximum absolute atomic E-state index is 6.03. The third kappa shape index (κ3) is 2.19. The van der Waals surface area contributed by atoms with Crippen molar-refractivity contribution in [1.82, 2.24) is 5.32 Å². The van der Waals surface area contributed by atoms with Gasteiger partial charge in [-0.05, 0) is 18.6 Å². The Hall–Kier alpha value is -0.930. The molecule has 4 heteroatoms. The minimum atomic E-state index is 0.500. The van der Waals surface area contributed by atoms with Crippen molar-refractivity contribution in [2.75, 3.05) is 25.5 Å². The minimum Gasteiger partial charge on any atom is -0.495 e. The van der Waals surface area contributed by atoms with E-state index in [2.05, 4.69) is 10.6 Å². The molecule has 1 aromatic carbocycles. The lowest BCUT2D eigenvalue weighted by molar-refractivity contribution is 0.413. The molecule has 2 rings (SSSR count). The van der Waals surface area contributed by atoms with Crippen LogP contribution in [0.1, 0.15) is 5.56 Å². The topological polar surface area (TPSA) is 33.3 Å². The number of ether oxygens (including phenoxy) is 1. The number of anilines is 1. The van der Waals surface area contributed by atoms with Crippen LogP contribution in [-0.2, 0) is 0 Å². The third-order valence-electron chi connectivity index (χ3n) is 2.62. The molecular weight excluding hydrogens is 212 g/mol. The Morgan fingerprint density at radius 1 is 1.47 bits per heavy atom. The largest absolute Gasteiger partial charge is 0.495 e. The number of nitrogens with one attached hydrogen (secondary N) is 2. The molecule has 0 amide bonds. The number of hydrogen-bond donors (Lipinski definition) is 2. The summed E-state index contributed by atoms with van der Waals surface area (Å²) in [5, 5.41) is 7.38. The SMILES string of the molecule is COc1cc(Cl)c(C)cc1NC1CNC1. The van der Waals surface area contributed by atoms with Crippen molar-refractivity contribution < 1.29 is 4.74 Å². The summed E-state index contributed by atoms with van der Waals surface area (Å²) in [6.07, 6.45) is 0. The average molecular weight is 227 g/mol. The highest BCUT2D eigenvalue weighted by atomic mass is 35.5. The van der Waals surface area contributed by atoms with Crippen LogP contribution in [0.15, 0.2) is 12.1 Å². The van der Waals surface area contributed by atoms with Gasteiger partial charge in [-0.3, -0.25) is 0 Å². The van der Waals surface area contributed by atoms with Gasteiger partial charge in [0.1, 0.15) is 5.75 Å². The number of aryl methyl sites for hydroxylation is 1. The van der Waals surface area contributed by atoms with Crippen LogP contribution < -0.4 is 15.4 Å². The number of hydrogen-bond acceptors (Lipinski definition) is 3. The Balaban J connectivity index is 2.23. The molecule has 0 bridgehead atoms. The molecule has 0 aromatic heterocycles. The van der Waals surface area contributed by atoms with E-state index in [1.807, 2.05) is 19.1 Å². The predicted octanol–water partition coefficient (Wildman–Crippen LogP) is 2.04. The molecule has 1 aliphatic rings. The van der Waals surface area contributed by atoms with E-state index < -0.39 is 0 Å². The van der Waals surface area contributed by atoms with Crippen molar-refractivity contribution >= 4 is 17.3 Å². The fourth-order valence-electron chi connectivity index (χ4n) is 1.56. The zero-order valence-electron chi connectivity index (χ0n) is 8.93. The van der Waals surface area contributed by atoms with Gasteiger partial charge < -0.3 is 15.4 Å². The van der Waals surface area contributed by atoms with E-state index in [0.717, 1.165) is 35.1 Å². The van der Waals surface area contributed by atoms with Crippen LogP contribution in [-0.4, -0.2) is 26.2 Å². The van der Waals surface area contributed by atoms with Crippen molar-refractivity contribution in [1.29, 1.82) is 0 Å². The molecule has 0 radical (unpaired) electrons. The standard InChI is InChI=1S/C11H15ClN2O/c1-7-3-10(14-8-5-13-6-8)11(15-2)4-9(7)12/h3-4,8,13-14H,5-6H2,1-2H3. The van der Waals surface area contributed by atoms with Crippen molar-refractivity contribution in [3.8, 4) is 5.75 Å². The van der Waals surface area contributed by atoms with Crippen molar-refractivity contribution in [2.45, 2.75) is 13.0 Å². The molecule has 1 fully saturated rings. The first-order valence-corrected chi connectivity index (χ1v) is 5.40. The fourth-order valence-corrected chi connectivity index (χ4v) is 1.71. The summed E-state index contributed by atoms with van der Waals surface area (Å²) >= 11 is 6.03. The number of rotatable bonds is 3. The third-order valence-corrected chi connectivity index (χ3v) is 3.03. The van der Waals surface area contributed by atoms with Crippen molar-refractivity contribution in [3.05, 3.63) is 22.7 Å². The van der Waals surface area contributed by atoms with Gasteiger partial charge in [0.25, 0.3) is 0 Å². The van der Waals surface area contributed by atoms with E-state index in [0.29, 0.717) is 6.04 Å². The van der Waals surface area contributed by atoms with Crippen LogP contribution >= 0.6 is 11.6 Å². The normalized spacial score (nSPS) is 15.9. The molecule has 1 aliphatic heterocycles.